The Morgan fingerprint density at radius 2 is 1.85 bits per heavy atom. The number of benzene rings is 1. The zero-order chi connectivity index (χ0) is 14.6. The molecule has 20 heavy (non-hydrogen) atoms. The van der Waals surface area contributed by atoms with Crippen LogP contribution in [0.15, 0.2) is 24.3 Å². The van der Waals surface area contributed by atoms with E-state index in [4.69, 9.17) is 4.74 Å². The van der Waals surface area contributed by atoms with Gasteiger partial charge in [0.15, 0.2) is 0 Å². The van der Waals surface area contributed by atoms with Crippen LogP contribution in [-0.2, 0) is 9.53 Å². The predicted octanol–water partition coefficient (Wildman–Crippen LogP) is 2.43. The Bertz CT molecular complexity index is 492. The summed E-state index contributed by atoms with van der Waals surface area (Å²) < 4.78 is 17.9. The highest BCUT2D eigenvalue weighted by Crippen LogP contribution is 2.31. The van der Waals surface area contributed by atoms with E-state index in [1.165, 1.54) is 24.3 Å². The molecule has 0 saturated heterocycles. The minimum atomic E-state index is -0.929. The quantitative estimate of drug-likeness (QED) is 0.861. The first-order chi connectivity index (χ1) is 9.57. The van der Waals surface area contributed by atoms with Crippen LogP contribution < -0.4 is 5.32 Å². The molecular weight excluding hydrogens is 261 g/mol. The van der Waals surface area contributed by atoms with Gasteiger partial charge >= 0.3 is 5.97 Å². The Balaban J connectivity index is 2.14. The van der Waals surface area contributed by atoms with Gasteiger partial charge in [-0.25, -0.2) is 9.18 Å². The number of rotatable bonds is 4. The molecule has 0 heterocycles. The Kier molecular flexibility index (Phi) is 4.37. The van der Waals surface area contributed by atoms with Crippen LogP contribution in [0.25, 0.3) is 0 Å². The van der Waals surface area contributed by atoms with Gasteiger partial charge in [0.2, 0.25) is 0 Å². The molecule has 4 nitrogen and oxygen atoms in total. The summed E-state index contributed by atoms with van der Waals surface area (Å²) >= 11 is 0. The summed E-state index contributed by atoms with van der Waals surface area (Å²) in [6.07, 6.45) is 2.92. The molecule has 0 aromatic heterocycles. The van der Waals surface area contributed by atoms with Gasteiger partial charge in [0.25, 0.3) is 5.91 Å². The topological polar surface area (TPSA) is 55.4 Å². The summed E-state index contributed by atoms with van der Waals surface area (Å²) in [5.41, 5.74) is -0.594. The Morgan fingerprint density at radius 3 is 2.40 bits per heavy atom. The fourth-order valence-corrected chi connectivity index (χ4v) is 2.52. The van der Waals surface area contributed by atoms with Crippen LogP contribution in [0.4, 0.5) is 4.39 Å². The molecule has 1 N–H and O–H groups in total. The Morgan fingerprint density at radius 1 is 1.25 bits per heavy atom. The summed E-state index contributed by atoms with van der Waals surface area (Å²) in [6.45, 7) is 2.02. The van der Waals surface area contributed by atoms with Gasteiger partial charge < -0.3 is 10.1 Å². The average molecular weight is 279 g/mol. The standard InChI is InChI=1S/C15H18FNO3/c1-2-20-14(19)15(9-3-4-10-15)17-13(18)11-5-7-12(16)8-6-11/h5-8H,2-4,9-10H2,1H3,(H,17,18). The number of esters is 1. The van der Waals surface area contributed by atoms with E-state index in [0.29, 0.717) is 18.4 Å². The van der Waals surface area contributed by atoms with Crippen molar-refractivity contribution < 1.29 is 18.7 Å². The zero-order valence-electron chi connectivity index (χ0n) is 11.4. The van der Waals surface area contributed by atoms with Crippen molar-refractivity contribution in [3.05, 3.63) is 35.6 Å². The highest BCUT2D eigenvalue weighted by atomic mass is 19.1. The van der Waals surface area contributed by atoms with Crippen molar-refractivity contribution in [3.8, 4) is 0 Å². The molecular formula is C15H18FNO3. The predicted molar refractivity (Wildman–Crippen MR) is 71.7 cm³/mol. The normalized spacial score (nSPS) is 16.7. The third kappa shape index (κ3) is 2.98. The molecule has 0 bridgehead atoms. The first-order valence-electron chi connectivity index (χ1n) is 6.83. The summed E-state index contributed by atoms with van der Waals surface area (Å²) in [5.74, 6) is -1.16. The summed E-state index contributed by atoms with van der Waals surface area (Å²) in [7, 11) is 0. The highest BCUT2D eigenvalue weighted by molar-refractivity contribution is 5.98. The molecule has 0 atom stereocenters. The van der Waals surface area contributed by atoms with Crippen molar-refractivity contribution in [1.29, 1.82) is 0 Å². The molecule has 1 amide bonds. The van der Waals surface area contributed by atoms with Crippen molar-refractivity contribution in [2.75, 3.05) is 6.61 Å². The van der Waals surface area contributed by atoms with E-state index in [-0.39, 0.29) is 18.5 Å². The molecule has 1 saturated carbocycles. The lowest BCUT2D eigenvalue weighted by molar-refractivity contribution is -0.150. The maximum atomic E-state index is 12.9. The lowest BCUT2D eigenvalue weighted by Gasteiger charge is -2.27. The van der Waals surface area contributed by atoms with Crippen molar-refractivity contribution in [2.24, 2.45) is 0 Å². The van der Waals surface area contributed by atoms with E-state index >= 15 is 0 Å². The number of amides is 1. The second kappa shape index (κ2) is 6.03. The molecule has 1 aromatic carbocycles. The fourth-order valence-electron chi connectivity index (χ4n) is 2.52. The van der Waals surface area contributed by atoms with Crippen LogP contribution in [0.1, 0.15) is 43.0 Å². The molecule has 1 aromatic rings. The number of carbonyl (C=O) groups excluding carboxylic acids is 2. The minimum absolute atomic E-state index is 0.285. The van der Waals surface area contributed by atoms with Crippen LogP contribution in [0.3, 0.4) is 0 Å². The zero-order valence-corrected chi connectivity index (χ0v) is 11.4. The lowest BCUT2D eigenvalue weighted by Crippen LogP contribution is -2.53. The third-order valence-corrected chi connectivity index (χ3v) is 3.58. The van der Waals surface area contributed by atoms with Crippen LogP contribution in [-0.4, -0.2) is 24.0 Å². The molecule has 5 heteroatoms. The molecule has 2 rings (SSSR count). The summed E-state index contributed by atoms with van der Waals surface area (Å²) in [6, 6.07) is 5.25. The van der Waals surface area contributed by atoms with Gasteiger partial charge in [-0.05, 0) is 44.0 Å². The van der Waals surface area contributed by atoms with Gasteiger partial charge in [0.1, 0.15) is 11.4 Å². The van der Waals surface area contributed by atoms with Crippen LogP contribution in [0.2, 0.25) is 0 Å². The molecule has 1 aliphatic carbocycles. The van der Waals surface area contributed by atoms with E-state index in [0.717, 1.165) is 12.8 Å². The van der Waals surface area contributed by atoms with Gasteiger partial charge in [-0.3, -0.25) is 4.79 Å². The van der Waals surface area contributed by atoms with Crippen LogP contribution in [0, 0.1) is 5.82 Å². The largest absolute Gasteiger partial charge is 0.464 e. The molecule has 0 unspecified atom stereocenters. The van der Waals surface area contributed by atoms with E-state index in [9.17, 15) is 14.0 Å². The Labute approximate surface area is 117 Å². The fraction of sp³-hybridized carbons (Fsp3) is 0.467. The average Bonchev–Trinajstić information content (AvgIpc) is 2.89. The number of carbonyl (C=O) groups is 2. The highest BCUT2D eigenvalue weighted by Gasteiger charge is 2.43. The first kappa shape index (κ1) is 14.5. The van der Waals surface area contributed by atoms with Crippen molar-refractivity contribution in [1.82, 2.24) is 5.32 Å². The second-order valence-corrected chi connectivity index (χ2v) is 4.97. The van der Waals surface area contributed by atoms with Crippen molar-refractivity contribution in [2.45, 2.75) is 38.1 Å². The number of halogens is 1. The van der Waals surface area contributed by atoms with Crippen LogP contribution in [0.5, 0.6) is 0 Å². The van der Waals surface area contributed by atoms with E-state index in [1.807, 2.05) is 0 Å². The van der Waals surface area contributed by atoms with Crippen LogP contribution >= 0.6 is 0 Å². The van der Waals surface area contributed by atoms with Gasteiger partial charge in [0, 0.05) is 5.56 Å². The molecule has 0 aliphatic heterocycles. The number of hydrogen-bond donors (Lipinski definition) is 1. The third-order valence-electron chi connectivity index (χ3n) is 3.58. The molecule has 1 fully saturated rings. The number of nitrogens with one attached hydrogen (secondary N) is 1. The van der Waals surface area contributed by atoms with E-state index < -0.39 is 11.4 Å². The first-order valence-corrected chi connectivity index (χ1v) is 6.83. The molecule has 108 valence electrons. The monoisotopic (exact) mass is 279 g/mol. The number of ether oxygens (including phenoxy) is 1. The van der Waals surface area contributed by atoms with Gasteiger partial charge in [-0.15, -0.1) is 0 Å². The molecule has 0 radical (unpaired) electrons. The van der Waals surface area contributed by atoms with Crippen molar-refractivity contribution >= 4 is 11.9 Å². The molecule has 1 aliphatic rings. The Hall–Kier alpha value is -1.91. The maximum absolute atomic E-state index is 12.9. The SMILES string of the molecule is CCOC(=O)C1(NC(=O)c2ccc(F)cc2)CCCC1. The van der Waals surface area contributed by atoms with E-state index in [2.05, 4.69) is 5.32 Å². The van der Waals surface area contributed by atoms with Gasteiger partial charge in [0.05, 0.1) is 6.61 Å². The minimum Gasteiger partial charge on any atom is -0.464 e. The molecule has 0 spiro atoms. The lowest BCUT2D eigenvalue weighted by atomic mass is 9.97. The van der Waals surface area contributed by atoms with E-state index in [1.54, 1.807) is 6.92 Å². The summed E-state index contributed by atoms with van der Waals surface area (Å²) in [4.78, 5) is 24.3. The van der Waals surface area contributed by atoms with Crippen molar-refractivity contribution in [3.63, 3.8) is 0 Å². The smallest absolute Gasteiger partial charge is 0.331 e. The second-order valence-electron chi connectivity index (χ2n) is 4.97. The number of hydrogen-bond acceptors (Lipinski definition) is 3. The van der Waals surface area contributed by atoms with Gasteiger partial charge in [-0.1, -0.05) is 12.8 Å². The maximum Gasteiger partial charge on any atom is 0.331 e. The summed E-state index contributed by atoms with van der Waals surface area (Å²) in [5, 5.41) is 2.78. The van der Waals surface area contributed by atoms with Gasteiger partial charge in [-0.2, -0.15) is 0 Å².